The van der Waals surface area contributed by atoms with Crippen LogP contribution >= 0.6 is 0 Å². The van der Waals surface area contributed by atoms with Gasteiger partial charge in [0, 0.05) is 81.8 Å². The van der Waals surface area contributed by atoms with E-state index < -0.39 is 101 Å². The first kappa shape index (κ1) is 45.9. The smallest absolute Gasteiger partial charge is 0.312 e. The number of nitrogens with one attached hydrogen (secondary N) is 1. The molecule has 328 valence electrons. The molecule has 0 radical (unpaired) electrons. The lowest BCUT2D eigenvalue weighted by Gasteiger charge is -2.38. The van der Waals surface area contributed by atoms with E-state index in [0.29, 0.717) is 26.2 Å². The molecule has 4 aliphatic rings. The molecule has 4 aliphatic heterocycles. The number of carbonyl (C=O) groups excluding carboxylic acids is 3. The number of anilines is 1. The molecule has 1 amide bonds. The van der Waals surface area contributed by atoms with Crippen LogP contribution in [0.15, 0.2) is 41.2 Å². The van der Waals surface area contributed by atoms with E-state index in [1.54, 1.807) is 44.9 Å². The summed E-state index contributed by atoms with van der Waals surface area (Å²) in [6, 6.07) is 0. The Kier molecular flexibility index (Phi) is 14.2. The number of carbonyl (C=O) groups is 3. The summed E-state index contributed by atoms with van der Waals surface area (Å²) in [7, 11) is 3.38. The Hall–Kier alpha value is -5.20. The lowest BCUT2D eigenvalue weighted by molar-refractivity contribution is -0.160. The molecule has 0 unspecified atom stereocenters. The number of methoxy groups -OCH3 is 1. The van der Waals surface area contributed by atoms with Gasteiger partial charge in [0.05, 0.1) is 65.2 Å². The van der Waals surface area contributed by atoms with Crippen molar-refractivity contribution < 1.29 is 64.0 Å². The average molecular weight is 839 g/mol. The summed E-state index contributed by atoms with van der Waals surface area (Å²) in [5.74, 6) is -9.32. The number of ether oxygens (including phenoxy) is 4. The second-order valence-corrected chi connectivity index (χ2v) is 16.1. The number of ketones is 1. The van der Waals surface area contributed by atoms with Crippen molar-refractivity contribution in [2.45, 2.75) is 85.3 Å². The molecule has 17 nitrogen and oxygen atoms in total. The van der Waals surface area contributed by atoms with Crippen molar-refractivity contribution in [3.63, 3.8) is 0 Å². The minimum atomic E-state index is -2.15. The third kappa shape index (κ3) is 8.95. The Balaban J connectivity index is 1.72. The van der Waals surface area contributed by atoms with Gasteiger partial charge in [0.1, 0.15) is 23.4 Å². The average Bonchev–Trinajstić information content (AvgIpc) is 3.47. The molecule has 1 fully saturated rings. The number of hydrogen-bond donors (Lipinski definition) is 7. The third-order valence-electron chi connectivity index (χ3n) is 11.9. The van der Waals surface area contributed by atoms with E-state index in [0.717, 1.165) is 6.26 Å². The zero-order valence-corrected chi connectivity index (χ0v) is 35.5. The van der Waals surface area contributed by atoms with E-state index in [9.17, 15) is 45.0 Å². The number of aliphatic hydroxyl groups excluding tert-OH is 3. The lowest BCUT2D eigenvalue weighted by Crippen LogP contribution is -2.46. The van der Waals surface area contributed by atoms with Gasteiger partial charge in [-0.1, -0.05) is 45.9 Å². The topological polar surface area (TPSA) is 240 Å². The normalized spacial score (nSPS) is 31.7. The second-order valence-electron chi connectivity index (χ2n) is 16.1. The maximum atomic E-state index is 14.5. The number of fused-ring (bicyclic) bond motifs is 14. The maximum absolute atomic E-state index is 14.5. The fourth-order valence-electron chi connectivity index (χ4n) is 7.98. The number of likely N-dealkylation sites (N-methyl/N-ethyl adjacent to an activating group) is 1. The summed E-state index contributed by atoms with van der Waals surface area (Å²) in [6.07, 6.45) is 4.55. The van der Waals surface area contributed by atoms with Crippen LogP contribution in [0, 0.1) is 23.7 Å². The van der Waals surface area contributed by atoms with Gasteiger partial charge >= 0.3 is 11.8 Å². The van der Waals surface area contributed by atoms with Gasteiger partial charge in [-0.2, -0.15) is 5.10 Å². The summed E-state index contributed by atoms with van der Waals surface area (Å²) in [5.41, 5.74) is -1.02. The van der Waals surface area contributed by atoms with Crippen LogP contribution in [0.2, 0.25) is 0 Å². The lowest BCUT2D eigenvalue weighted by atomic mass is 9.78. The van der Waals surface area contributed by atoms with Crippen molar-refractivity contribution in [3.05, 3.63) is 52.8 Å². The highest BCUT2D eigenvalue weighted by Crippen LogP contribution is 2.55. The first-order chi connectivity index (χ1) is 28.3. The van der Waals surface area contributed by atoms with Gasteiger partial charge in [0.2, 0.25) is 0 Å². The quantitative estimate of drug-likeness (QED) is 0.0987. The van der Waals surface area contributed by atoms with Gasteiger partial charge in [-0.15, -0.1) is 0 Å². The van der Waals surface area contributed by atoms with Gasteiger partial charge in [-0.05, 0) is 20.0 Å². The van der Waals surface area contributed by atoms with Crippen molar-refractivity contribution in [2.75, 3.05) is 45.7 Å². The standard InChI is InChI=1S/C43H58N4O13/c1-21-11-10-12-22(2)42(56)45-33-27(19-44-47-16-14-46(8)15-17-47)36(52)30-31(38(33)54)37(53)28(20-48)40-32(30)41(55)43(7,60-40)58-18-13-29(57-9)23(3)39(59-26(6)49)25(5)35(51)24(4)34(21)50/h10-13,18-19,21,23-25,29,34-35,39,48,50-54H,14-17,20H2,1-9H3,(H,45,56)/b11-10+,18-13+,22-12-,44-19+/t21-,23+,24+,25+,29-,34-,35+,39+,43-/m0/s1. The fraction of sp³-hybridized carbons (Fsp3) is 0.535. The highest BCUT2D eigenvalue weighted by atomic mass is 16.7. The number of benzene rings is 2. The first-order valence-corrected chi connectivity index (χ1v) is 20.0. The van der Waals surface area contributed by atoms with Crippen LogP contribution in [0.4, 0.5) is 5.69 Å². The van der Waals surface area contributed by atoms with Gasteiger partial charge < -0.3 is 59.8 Å². The van der Waals surface area contributed by atoms with Gasteiger partial charge in [0.15, 0.2) is 5.75 Å². The molecular formula is C43H58N4O13. The van der Waals surface area contributed by atoms with E-state index in [-0.39, 0.29) is 39.1 Å². The molecule has 0 spiro atoms. The molecule has 0 saturated carbocycles. The van der Waals surface area contributed by atoms with Crippen molar-refractivity contribution in [1.29, 1.82) is 0 Å². The monoisotopic (exact) mass is 838 g/mol. The van der Waals surface area contributed by atoms with Crippen molar-refractivity contribution in [1.82, 2.24) is 9.91 Å². The van der Waals surface area contributed by atoms with Crippen LogP contribution in [0.5, 0.6) is 23.0 Å². The number of Topliss-reactive ketones (excluding diaryl/α,β-unsaturated/α-hetero) is 1. The third-order valence-corrected chi connectivity index (χ3v) is 11.9. The molecule has 0 aromatic heterocycles. The Labute approximate surface area is 349 Å². The van der Waals surface area contributed by atoms with Gasteiger partial charge in [-0.3, -0.25) is 19.4 Å². The number of hydrazone groups is 1. The molecule has 17 heteroatoms. The number of aromatic hydroxyl groups is 3. The predicted molar refractivity (Wildman–Crippen MR) is 222 cm³/mol. The highest BCUT2D eigenvalue weighted by Gasteiger charge is 2.50. The molecule has 60 heavy (non-hydrogen) atoms. The van der Waals surface area contributed by atoms with Crippen LogP contribution in [-0.2, 0) is 30.4 Å². The van der Waals surface area contributed by atoms with E-state index in [1.807, 2.05) is 7.05 Å². The summed E-state index contributed by atoms with van der Waals surface area (Å²) < 4.78 is 23.5. The fourth-order valence-corrected chi connectivity index (χ4v) is 7.98. The van der Waals surface area contributed by atoms with Crippen molar-refractivity contribution >= 4 is 40.3 Å². The molecule has 2 aromatic rings. The minimum Gasteiger partial charge on any atom is -0.507 e. The Morgan fingerprint density at radius 3 is 2.27 bits per heavy atom. The molecule has 6 rings (SSSR count). The molecule has 1 saturated heterocycles. The highest BCUT2D eigenvalue weighted by molar-refractivity contribution is 6.23. The maximum Gasteiger partial charge on any atom is 0.312 e. The van der Waals surface area contributed by atoms with Crippen LogP contribution in [-0.4, -0.2) is 135 Å². The second kappa shape index (κ2) is 18.6. The summed E-state index contributed by atoms with van der Waals surface area (Å²) in [6.45, 7) is 12.5. The number of phenolic OH excluding ortho intramolecular Hbond substituents is 2. The molecule has 4 heterocycles. The van der Waals surface area contributed by atoms with Crippen molar-refractivity contribution in [2.24, 2.45) is 28.8 Å². The van der Waals surface area contributed by atoms with E-state index in [4.69, 9.17) is 18.9 Å². The minimum absolute atomic E-state index is 0.134. The van der Waals surface area contributed by atoms with Crippen LogP contribution in [0.25, 0.3) is 10.8 Å². The van der Waals surface area contributed by atoms with Crippen molar-refractivity contribution in [3.8, 4) is 23.0 Å². The number of esters is 1. The van der Waals surface area contributed by atoms with E-state index in [2.05, 4.69) is 15.3 Å². The molecule has 7 N–H and O–H groups in total. The van der Waals surface area contributed by atoms with Crippen LogP contribution in [0.3, 0.4) is 0 Å². The zero-order valence-electron chi connectivity index (χ0n) is 35.5. The van der Waals surface area contributed by atoms with E-state index in [1.165, 1.54) is 46.2 Å². The number of phenols is 3. The SMILES string of the molecule is CO[C@H]1/C=C/O[C@@]2(C)Oc3c(CO)c(O)c4c(O)c(c(/C=N/N5CCN(C)CC5)c(O)c4c3C2=O)NC(=O)/C(C)=C\C=C\[C@H](C)[C@H](O)[C@@H](C)[C@@H](O)[C@@H](C)[C@H](OC(C)=O)[C@@H]1C. The number of amides is 1. The number of hydrogen-bond acceptors (Lipinski definition) is 16. The molecule has 5 bridgehead atoms. The van der Waals surface area contributed by atoms with Gasteiger partial charge in [0.25, 0.3) is 11.7 Å². The van der Waals surface area contributed by atoms with Gasteiger partial charge in [-0.25, -0.2) is 0 Å². The molecule has 2 aromatic carbocycles. The number of aliphatic hydroxyl groups is 3. The molecule has 0 aliphatic carbocycles. The van der Waals surface area contributed by atoms with Crippen LogP contribution in [0.1, 0.15) is 70.0 Å². The molecule has 9 atom stereocenters. The summed E-state index contributed by atoms with van der Waals surface area (Å²) in [5, 5.41) is 77.1. The zero-order chi connectivity index (χ0) is 44.4. The van der Waals surface area contributed by atoms with Crippen LogP contribution < -0.4 is 10.1 Å². The number of rotatable bonds is 5. The first-order valence-electron chi connectivity index (χ1n) is 20.0. The Morgan fingerprint density at radius 2 is 1.65 bits per heavy atom. The summed E-state index contributed by atoms with van der Waals surface area (Å²) >= 11 is 0. The Bertz CT molecular complexity index is 2090. The molecular weight excluding hydrogens is 780 g/mol. The number of nitrogens with zero attached hydrogens (tertiary/aromatic N) is 3. The number of allylic oxidation sites excluding steroid dienone is 2. The Morgan fingerprint density at radius 1 is 0.983 bits per heavy atom. The van der Waals surface area contributed by atoms with E-state index >= 15 is 0 Å². The summed E-state index contributed by atoms with van der Waals surface area (Å²) in [4.78, 5) is 42.7. The predicted octanol–water partition coefficient (Wildman–Crippen LogP) is 3.52. The largest absolute Gasteiger partial charge is 0.507 e. The number of piperazine rings is 1.